The van der Waals surface area contributed by atoms with Gasteiger partial charge in [-0.2, -0.15) is 0 Å². The quantitative estimate of drug-likeness (QED) is 0.425. The lowest BCUT2D eigenvalue weighted by atomic mass is 9.93. The molecule has 43 heavy (non-hydrogen) atoms. The highest BCUT2D eigenvalue weighted by atomic mass is 35.5. The third-order valence-corrected chi connectivity index (χ3v) is 8.32. The van der Waals surface area contributed by atoms with Crippen molar-refractivity contribution >= 4 is 35.3 Å². The number of carboxylic acids is 1. The maximum absolute atomic E-state index is 15.4. The van der Waals surface area contributed by atoms with Crippen LogP contribution < -0.4 is 5.32 Å². The molecule has 2 aromatic rings. The van der Waals surface area contributed by atoms with Crippen molar-refractivity contribution in [2.24, 2.45) is 16.3 Å². The van der Waals surface area contributed by atoms with Crippen molar-refractivity contribution < 1.29 is 41.8 Å². The number of oxazole rings is 1. The van der Waals surface area contributed by atoms with Crippen molar-refractivity contribution in [1.29, 1.82) is 0 Å². The number of fused-ring (bicyclic) bond motifs is 1. The van der Waals surface area contributed by atoms with Crippen LogP contribution in [0, 0.1) is 24.1 Å². The lowest BCUT2D eigenvalue weighted by Crippen LogP contribution is -2.45. The van der Waals surface area contributed by atoms with Gasteiger partial charge in [-0.15, -0.1) is 0 Å². The maximum atomic E-state index is 15.4. The third-order valence-electron chi connectivity index (χ3n) is 7.99. The molecular weight excluding hydrogens is 595 g/mol. The van der Waals surface area contributed by atoms with E-state index in [1.807, 2.05) is 0 Å². The number of carbonyl (C=O) groups is 3. The molecule has 3 aliphatic heterocycles. The second-order valence-electron chi connectivity index (χ2n) is 11.4. The van der Waals surface area contributed by atoms with E-state index < -0.39 is 59.5 Å². The molecule has 230 valence electrons. The third kappa shape index (κ3) is 5.49. The summed E-state index contributed by atoms with van der Waals surface area (Å²) in [5.41, 5.74) is -0.738. The normalized spacial score (nSPS) is 23.7. The fourth-order valence-corrected chi connectivity index (χ4v) is 6.06. The van der Waals surface area contributed by atoms with E-state index in [2.05, 4.69) is 15.3 Å². The molecule has 15 heteroatoms. The van der Waals surface area contributed by atoms with Gasteiger partial charge >= 0.3 is 11.9 Å². The highest BCUT2D eigenvalue weighted by Crippen LogP contribution is 2.45. The lowest BCUT2D eigenvalue weighted by Gasteiger charge is -2.32. The van der Waals surface area contributed by atoms with Gasteiger partial charge in [-0.3, -0.25) is 19.5 Å². The summed E-state index contributed by atoms with van der Waals surface area (Å²) < 4.78 is 55.1. The number of esters is 1. The predicted molar refractivity (Wildman–Crippen MR) is 146 cm³/mol. The van der Waals surface area contributed by atoms with Crippen molar-refractivity contribution in [3.05, 3.63) is 63.7 Å². The Balaban J connectivity index is 1.56. The van der Waals surface area contributed by atoms with Crippen LogP contribution in [0.1, 0.15) is 36.9 Å². The zero-order chi connectivity index (χ0) is 31.4. The summed E-state index contributed by atoms with van der Waals surface area (Å²) in [6.45, 7) is 3.03. The SMILES string of the molecule is COC(=O)C1=C(CN2CC(F)(F)[C@@H]3C(=O)N(CC(C)(C)C(=O)O)C[C@@H]32)NC(c2ncoc2C)=NC1c1ccc(F)cc1Cl. The smallest absolute Gasteiger partial charge is 0.338 e. The Morgan fingerprint density at radius 2 is 2.05 bits per heavy atom. The second kappa shape index (κ2) is 11.0. The maximum Gasteiger partial charge on any atom is 0.338 e. The molecule has 0 radical (unpaired) electrons. The van der Waals surface area contributed by atoms with Gasteiger partial charge in [-0.25, -0.2) is 22.9 Å². The number of carbonyl (C=O) groups excluding carboxylic acids is 2. The Labute approximate surface area is 249 Å². The number of hydrogen-bond acceptors (Lipinski definition) is 9. The zero-order valence-corrected chi connectivity index (χ0v) is 24.4. The van der Waals surface area contributed by atoms with E-state index >= 15 is 8.78 Å². The minimum atomic E-state index is -3.43. The average molecular weight is 624 g/mol. The van der Waals surface area contributed by atoms with Gasteiger partial charge in [0.25, 0.3) is 5.92 Å². The molecule has 0 saturated carbocycles. The van der Waals surface area contributed by atoms with Gasteiger partial charge < -0.3 is 24.5 Å². The number of halogens is 4. The molecule has 2 saturated heterocycles. The number of nitrogens with zero attached hydrogens (tertiary/aromatic N) is 4. The number of amidine groups is 1. The molecule has 2 fully saturated rings. The molecule has 2 N–H and O–H groups in total. The molecule has 1 unspecified atom stereocenters. The number of alkyl halides is 2. The van der Waals surface area contributed by atoms with Gasteiger partial charge in [0.15, 0.2) is 12.2 Å². The Morgan fingerprint density at radius 3 is 2.65 bits per heavy atom. The molecule has 3 aliphatic rings. The Morgan fingerprint density at radius 1 is 1.33 bits per heavy atom. The molecule has 1 aromatic carbocycles. The molecule has 0 bridgehead atoms. The first-order valence-corrected chi connectivity index (χ1v) is 13.7. The molecule has 5 rings (SSSR count). The van der Waals surface area contributed by atoms with Crippen LogP contribution in [0.25, 0.3) is 0 Å². The Bertz CT molecular complexity index is 1560. The minimum Gasteiger partial charge on any atom is -0.481 e. The summed E-state index contributed by atoms with van der Waals surface area (Å²) in [5, 5.41) is 12.5. The van der Waals surface area contributed by atoms with E-state index in [0.29, 0.717) is 5.76 Å². The summed E-state index contributed by atoms with van der Waals surface area (Å²) in [6.07, 6.45) is 1.19. The summed E-state index contributed by atoms with van der Waals surface area (Å²) in [6, 6.07) is 1.46. The van der Waals surface area contributed by atoms with Gasteiger partial charge in [-0.1, -0.05) is 17.7 Å². The number of benzene rings is 1. The van der Waals surface area contributed by atoms with Crippen LogP contribution in [0.2, 0.25) is 5.02 Å². The summed E-state index contributed by atoms with van der Waals surface area (Å²) in [5.74, 6) is -8.05. The number of hydrogen-bond donors (Lipinski definition) is 2. The van der Waals surface area contributed by atoms with Crippen molar-refractivity contribution in [3.63, 3.8) is 0 Å². The first kappa shape index (κ1) is 30.5. The number of amides is 1. The van der Waals surface area contributed by atoms with E-state index in [4.69, 9.17) is 20.8 Å². The van der Waals surface area contributed by atoms with E-state index in [9.17, 15) is 23.9 Å². The fourth-order valence-electron chi connectivity index (χ4n) is 5.79. The van der Waals surface area contributed by atoms with Crippen LogP contribution in [-0.4, -0.2) is 88.8 Å². The first-order valence-electron chi connectivity index (χ1n) is 13.3. The van der Waals surface area contributed by atoms with E-state index in [1.165, 1.54) is 31.2 Å². The number of nitrogens with one attached hydrogen (secondary N) is 1. The predicted octanol–water partition coefficient (Wildman–Crippen LogP) is 3.18. The number of rotatable bonds is 8. The zero-order valence-electron chi connectivity index (χ0n) is 23.7. The number of methoxy groups -OCH3 is 1. The van der Waals surface area contributed by atoms with Crippen LogP contribution in [0.5, 0.6) is 0 Å². The molecular formula is C28H29ClF3N5O6. The fraction of sp³-hybridized carbons (Fsp3) is 0.464. The van der Waals surface area contributed by atoms with Crippen molar-refractivity contribution in [1.82, 2.24) is 20.1 Å². The average Bonchev–Trinajstić information content (AvgIpc) is 3.57. The van der Waals surface area contributed by atoms with Gasteiger partial charge in [0.2, 0.25) is 5.91 Å². The van der Waals surface area contributed by atoms with Gasteiger partial charge in [-0.05, 0) is 32.9 Å². The molecule has 1 aromatic heterocycles. The van der Waals surface area contributed by atoms with Crippen LogP contribution in [-0.2, 0) is 19.1 Å². The molecule has 0 spiro atoms. The number of aromatic nitrogens is 1. The van der Waals surface area contributed by atoms with Crippen molar-refractivity contribution in [3.8, 4) is 0 Å². The van der Waals surface area contributed by atoms with E-state index in [0.717, 1.165) is 24.1 Å². The highest BCUT2D eigenvalue weighted by Gasteiger charge is 2.63. The molecule has 1 amide bonds. The minimum absolute atomic E-state index is 0.0292. The summed E-state index contributed by atoms with van der Waals surface area (Å²) in [4.78, 5) is 49.4. The first-order chi connectivity index (χ1) is 20.1. The van der Waals surface area contributed by atoms with Gasteiger partial charge in [0.05, 0.1) is 24.6 Å². The Kier molecular flexibility index (Phi) is 7.80. The van der Waals surface area contributed by atoms with Crippen LogP contribution in [0.3, 0.4) is 0 Å². The second-order valence-corrected chi connectivity index (χ2v) is 11.8. The van der Waals surface area contributed by atoms with E-state index in [-0.39, 0.29) is 53.0 Å². The summed E-state index contributed by atoms with van der Waals surface area (Å²) in [7, 11) is 1.15. The van der Waals surface area contributed by atoms with Crippen LogP contribution >= 0.6 is 11.6 Å². The largest absolute Gasteiger partial charge is 0.481 e. The monoisotopic (exact) mass is 623 g/mol. The van der Waals surface area contributed by atoms with Crippen LogP contribution in [0.15, 0.2) is 45.3 Å². The number of aryl methyl sites for hydroxylation is 1. The summed E-state index contributed by atoms with van der Waals surface area (Å²) >= 11 is 6.38. The van der Waals surface area contributed by atoms with Crippen molar-refractivity contribution in [2.75, 3.05) is 33.3 Å². The topological polar surface area (TPSA) is 138 Å². The molecule has 11 nitrogen and oxygen atoms in total. The number of aliphatic carboxylic acids is 1. The number of likely N-dealkylation sites (tertiary alicyclic amines) is 2. The number of aliphatic imine (C=N–C) groups is 1. The number of ether oxygens (including phenoxy) is 1. The van der Waals surface area contributed by atoms with E-state index in [1.54, 1.807) is 6.92 Å². The molecule has 4 heterocycles. The highest BCUT2D eigenvalue weighted by molar-refractivity contribution is 6.31. The van der Waals surface area contributed by atoms with Crippen LogP contribution in [0.4, 0.5) is 13.2 Å². The van der Waals surface area contributed by atoms with Crippen molar-refractivity contribution in [2.45, 2.75) is 38.8 Å². The van der Waals surface area contributed by atoms with Gasteiger partial charge in [0, 0.05) is 42.0 Å². The Hall–Kier alpha value is -3.91. The van der Waals surface area contributed by atoms with Gasteiger partial charge in [0.1, 0.15) is 29.2 Å². The number of carboxylic acid groups (broad SMARTS) is 1. The molecule has 0 aliphatic carbocycles. The molecule has 3 atom stereocenters. The lowest BCUT2D eigenvalue weighted by molar-refractivity contribution is -0.150. The standard InChI is InChI=1S/C28H29ClF3N5O6/c1-13-21(33-12-43-13)23-34-17(19(25(39)42-4)22(35-23)15-6-5-14(30)7-16(15)29)8-36-11-28(31,32)20-18(36)9-37(24(20)38)10-27(2,3)26(40)41/h5-7,12,18,20,22H,8-11H2,1-4H3,(H,34,35)(H,40,41)/t18-,20-,22?/m0/s1.